The molecule has 1 amide bonds. The van der Waals surface area contributed by atoms with Crippen molar-refractivity contribution in [2.75, 3.05) is 20.2 Å². The van der Waals surface area contributed by atoms with Crippen molar-refractivity contribution in [1.82, 2.24) is 9.88 Å². The van der Waals surface area contributed by atoms with Crippen molar-refractivity contribution in [2.45, 2.75) is 25.6 Å². The highest BCUT2D eigenvalue weighted by Crippen LogP contribution is 2.20. The molecule has 0 aliphatic carbocycles. The van der Waals surface area contributed by atoms with Crippen molar-refractivity contribution < 1.29 is 18.7 Å². The fraction of sp³-hybridized carbons (Fsp3) is 0.412. The number of hydrogen-bond donors (Lipinski definition) is 0. The SMILES string of the molecule is COc1ccc(C(=O)N2CCC[C@H](OCc3cccnc3)C2)o1. The largest absolute Gasteiger partial charge is 0.468 e. The quantitative estimate of drug-likeness (QED) is 0.848. The van der Waals surface area contributed by atoms with Crippen LogP contribution in [0.2, 0.25) is 0 Å². The van der Waals surface area contributed by atoms with Crippen molar-refractivity contribution in [3.05, 3.63) is 48.0 Å². The Kier molecular flexibility index (Phi) is 4.92. The average molecular weight is 316 g/mol. The number of methoxy groups -OCH3 is 1. The molecule has 3 rings (SSSR count). The lowest BCUT2D eigenvalue weighted by atomic mass is 10.1. The van der Waals surface area contributed by atoms with Crippen LogP contribution in [-0.2, 0) is 11.3 Å². The molecule has 0 N–H and O–H groups in total. The maximum Gasteiger partial charge on any atom is 0.289 e. The maximum atomic E-state index is 12.5. The van der Waals surface area contributed by atoms with E-state index < -0.39 is 0 Å². The molecular weight excluding hydrogens is 296 g/mol. The number of nitrogens with zero attached hydrogens (tertiary/aromatic N) is 2. The Morgan fingerprint density at radius 1 is 1.43 bits per heavy atom. The minimum Gasteiger partial charge on any atom is -0.468 e. The maximum absolute atomic E-state index is 12.5. The zero-order valence-corrected chi connectivity index (χ0v) is 13.1. The number of hydrogen-bond acceptors (Lipinski definition) is 5. The van der Waals surface area contributed by atoms with E-state index in [9.17, 15) is 4.79 Å². The van der Waals surface area contributed by atoms with Crippen LogP contribution in [-0.4, -0.2) is 42.1 Å². The highest BCUT2D eigenvalue weighted by molar-refractivity contribution is 5.91. The monoisotopic (exact) mass is 316 g/mol. The number of pyridine rings is 1. The molecule has 3 heterocycles. The van der Waals surface area contributed by atoms with Crippen molar-refractivity contribution in [3.8, 4) is 5.95 Å². The van der Waals surface area contributed by atoms with Gasteiger partial charge in [0, 0.05) is 31.5 Å². The highest BCUT2D eigenvalue weighted by atomic mass is 16.6. The van der Waals surface area contributed by atoms with E-state index >= 15 is 0 Å². The predicted octanol–water partition coefficient (Wildman–Crippen LogP) is 2.50. The molecule has 1 aliphatic heterocycles. The van der Waals surface area contributed by atoms with Crippen LogP contribution in [0.1, 0.15) is 29.0 Å². The first-order chi connectivity index (χ1) is 11.3. The second-order valence-electron chi connectivity index (χ2n) is 5.51. The van der Waals surface area contributed by atoms with E-state index in [1.807, 2.05) is 12.1 Å². The van der Waals surface area contributed by atoms with Crippen LogP contribution >= 0.6 is 0 Å². The number of amides is 1. The third-order valence-corrected chi connectivity index (χ3v) is 3.87. The molecule has 6 heteroatoms. The normalized spacial score (nSPS) is 18.0. The van der Waals surface area contributed by atoms with Gasteiger partial charge in [0.05, 0.1) is 19.8 Å². The minimum absolute atomic E-state index is 0.0322. The van der Waals surface area contributed by atoms with Gasteiger partial charge in [-0.2, -0.15) is 0 Å². The first kappa shape index (κ1) is 15.6. The van der Waals surface area contributed by atoms with Gasteiger partial charge in [-0.3, -0.25) is 9.78 Å². The molecule has 23 heavy (non-hydrogen) atoms. The van der Waals surface area contributed by atoms with Gasteiger partial charge in [-0.25, -0.2) is 0 Å². The standard InChI is InChI=1S/C17H20N2O4/c1-21-16-7-6-15(23-16)17(20)19-9-3-5-14(11-19)22-12-13-4-2-8-18-10-13/h2,4,6-8,10,14H,3,5,9,11-12H2,1H3/t14-/m0/s1. The van der Waals surface area contributed by atoms with Gasteiger partial charge in [0.25, 0.3) is 11.9 Å². The Morgan fingerprint density at radius 3 is 3.09 bits per heavy atom. The molecule has 2 aromatic rings. The zero-order chi connectivity index (χ0) is 16.1. The number of rotatable bonds is 5. The Hall–Kier alpha value is -2.34. The molecule has 1 atom stereocenters. The van der Waals surface area contributed by atoms with Gasteiger partial charge in [-0.05, 0) is 30.5 Å². The number of carbonyl (C=O) groups is 1. The predicted molar refractivity (Wildman–Crippen MR) is 83.2 cm³/mol. The molecule has 1 saturated heterocycles. The van der Waals surface area contributed by atoms with Gasteiger partial charge in [0.2, 0.25) is 0 Å². The molecule has 0 bridgehead atoms. The summed E-state index contributed by atoms with van der Waals surface area (Å²) in [5, 5.41) is 0. The summed E-state index contributed by atoms with van der Waals surface area (Å²) in [4.78, 5) is 18.3. The van der Waals surface area contributed by atoms with E-state index in [1.165, 1.54) is 7.11 Å². The average Bonchev–Trinajstić information content (AvgIpc) is 3.10. The molecule has 0 radical (unpaired) electrons. The fourth-order valence-corrected chi connectivity index (χ4v) is 2.66. The number of carbonyl (C=O) groups excluding carboxylic acids is 1. The van der Waals surface area contributed by atoms with Crippen molar-refractivity contribution in [2.24, 2.45) is 0 Å². The lowest BCUT2D eigenvalue weighted by Gasteiger charge is -2.32. The summed E-state index contributed by atoms with van der Waals surface area (Å²) in [7, 11) is 1.51. The molecule has 122 valence electrons. The van der Waals surface area contributed by atoms with Crippen LogP contribution in [0, 0.1) is 0 Å². The summed E-state index contributed by atoms with van der Waals surface area (Å²) in [5.41, 5.74) is 1.03. The first-order valence-corrected chi connectivity index (χ1v) is 7.70. The smallest absolute Gasteiger partial charge is 0.289 e. The third-order valence-electron chi connectivity index (χ3n) is 3.87. The Balaban J connectivity index is 1.56. The second-order valence-corrected chi connectivity index (χ2v) is 5.51. The van der Waals surface area contributed by atoms with Gasteiger partial charge in [0.1, 0.15) is 0 Å². The van der Waals surface area contributed by atoms with E-state index in [4.69, 9.17) is 13.9 Å². The molecule has 2 aromatic heterocycles. The Labute approximate surface area is 135 Å². The lowest BCUT2D eigenvalue weighted by Crippen LogP contribution is -2.43. The molecular formula is C17H20N2O4. The Bertz CT molecular complexity index is 641. The number of ether oxygens (including phenoxy) is 2. The summed E-state index contributed by atoms with van der Waals surface area (Å²) in [6, 6.07) is 7.16. The zero-order valence-electron chi connectivity index (χ0n) is 13.1. The van der Waals surface area contributed by atoms with E-state index in [0.29, 0.717) is 31.4 Å². The van der Waals surface area contributed by atoms with Crippen LogP contribution in [0.25, 0.3) is 0 Å². The van der Waals surface area contributed by atoms with Gasteiger partial charge in [-0.1, -0.05) is 6.07 Å². The number of furan rings is 1. The van der Waals surface area contributed by atoms with Gasteiger partial charge < -0.3 is 18.8 Å². The molecule has 0 spiro atoms. The number of aromatic nitrogens is 1. The van der Waals surface area contributed by atoms with E-state index in [2.05, 4.69) is 4.98 Å². The molecule has 6 nitrogen and oxygen atoms in total. The van der Waals surface area contributed by atoms with Crippen molar-refractivity contribution in [3.63, 3.8) is 0 Å². The van der Waals surface area contributed by atoms with Gasteiger partial charge in [0.15, 0.2) is 5.76 Å². The summed E-state index contributed by atoms with van der Waals surface area (Å²) in [6.45, 7) is 1.80. The molecule has 1 fully saturated rings. The Morgan fingerprint density at radius 2 is 2.35 bits per heavy atom. The lowest BCUT2D eigenvalue weighted by molar-refractivity contribution is -0.00771. The minimum atomic E-state index is -0.122. The summed E-state index contributed by atoms with van der Waals surface area (Å²) < 4.78 is 16.2. The third kappa shape index (κ3) is 3.90. The molecule has 0 aromatic carbocycles. The molecule has 0 unspecified atom stereocenters. The summed E-state index contributed by atoms with van der Waals surface area (Å²) >= 11 is 0. The van der Waals surface area contributed by atoms with Crippen LogP contribution in [0.5, 0.6) is 5.95 Å². The number of piperidine rings is 1. The molecule has 0 saturated carbocycles. The van der Waals surface area contributed by atoms with Crippen LogP contribution in [0.3, 0.4) is 0 Å². The summed E-state index contributed by atoms with van der Waals surface area (Å²) in [5.74, 6) is 0.521. The van der Waals surface area contributed by atoms with E-state index in [0.717, 1.165) is 18.4 Å². The molecule has 1 aliphatic rings. The first-order valence-electron chi connectivity index (χ1n) is 7.70. The summed E-state index contributed by atoms with van der Waals surface area (Å²) in [6.07, 6.45) is 5.43. The van der Waals surface area contributed by atoms with Gasteiger partial charge in [-0.15, -0.1) is 0 Å². The fourth-order valence-electron chi connectivity index (χ4n) is 2.66. The number of likely N-dealkylation sites (tertiary alicyclic amines) is 1. The van der Waals surface area contributed by atoms with Crippen molar-refractivity contribution >= 4 is 5.91 Å². The van der Waals surface area contributed by atoms with E-state index in [1.54, 1.807) is 29.4 Å². The van der Waals surface area contributed by atoms with Crippen molar-refractivity contribution in [1.29, 1.82) is 0 Å². The van der Waals surface area contributed by atoms with E-state index in [-0.39, 0.29) is 12.0 Å². The van der Waals surface area contributed by atoms with Crippen LogP contribution < -0.4 is 4.74 Å². The topological polar surface area (TPSA) is 64.8 Å². The van der Waals surface area contributed by atoms with Crippen LogP contribution in [0.4, 0.5) is 0 Å². The highest BCUT2D eigenvalue weighted by Gasteiger charge is 2.26. The second kappa shape index (κ2) is 7.28. The van der Waals surface area contributed by atoms with Crippen LogP contribution in [0.15, 0.2) is 41.1 Å². The van der Waals surface area contributed by atoms with Gasteiger partial charge >= 0.3 is 0 Å².